The highest BCUT2D eigenvalue weighted by atomic mass is 35.5. The van der Waals surface area contributed by atoms with Gasteiger partial charge in [-0.05, 0) is 30.7 Å². The Bertz CT molecular complexity index is 417. The van der Waals surface area contributed by atoms with E-state index in [9.17, 15) is 13.2 Å². The average Bonchev–Trinajstić information content (AvgIpc) is 2.83. The number of hydrogen-bond acceptors (Lipinski definition) is 1. The molecular formula is C11H8Cl2F3O. The molecule has 2 rings (SSSR count). The summed E-state index contributed by atoms with van der Waals surface area (Å²) in [5.41, 5.74) is -0.784. The van der Waals surface area contributed by atoms with Crippen LogP contribution in [0.4, 0.5) is 13.2 Å². The molecule has 0 aromatic heterocycles. The highest BCUT2D eigenvalue weighted by molar-refractivity contribution is 6.50. The molecular weight excluding hydrogens is 276 g/mol. The van der Waals surface area contributed by atoms with E-state index in [2.05, 4.69) is 6.07 Å². The van der Waals surface area contributed by atoms with Gasteiger partial charge in [0, 0.05) is 5.92 Å². The quantitative estimate of drug-likeness (QED) is 0.760. The third kappa shape index (κ3) is 3.19. The molecule has 1 atom stereocenters. The summed E-state index contributed by atoms with van der Waals surface area (Å²) in [5, 5.41) is 0. The molecule has 0 N–H and O–H groups in total. The van der Waals surface area contributed by atoms with Crippen molar-refractivity contribution in [2.75, 3.05) is 6.61 Å². The third-order valence-corrected chi connectivity index (χ3v) is 3.42. The highest BCUT2D eigenvalue weighted by Gasteiger charge is 2.52. The van der Waals surface area contributed by atoms with Gasteiger partial charge in [-0.25, -0.2) is 0 Å². The monoisotopic (exact) mass is 283 g/mol. The lowest BCUT2D eigenvalue weighted by molar-refractivity contribution is -0.137. The van der Waals surface area contributed by atoms with Crippen LogP contribution in [0.1, 0.15) is 12.0 Å². The van der Waals surface area contributed by atoms with E-state index < -0.39 is 16.1 Å². The highest BCUT2D eigenvalue weighted by Crippen LogP contribution is 2.53. The molecule has 17 heavy (non-hydrogen) atoms. The first-order valence-electron chi connectivity index (χ1n) is 4.88. The van der Waals surface area contributed by atoms with E-state index in [4.69, 9.17) is 27.9 Å². The molecule has 0 spiro atoms. The van der Waals surface area contributed by atoms with E-state index in [0.29, 0.717) is 6.42 Å². The molecule has 1 aliphatic rings. The van der Waals surface area contributed by atoms with Crippen LogP contribution in [0.2, 0.25) is 0 Å². The van der Waals surface area contributed by atoms with Gasteiger partial charge in [-0.15, -0.1) is 23.2 Å². The van der Waals surface area contributed by atoms with E-state index in [0.717, 1.165) is 12.1 Å². The van der Waals surface area contributed by atoms with Crippen molar-refractivity contribution >= 4 is 23.2 Å². The number of ether oxygens (including phenoxy) is 1. The summed E-state index contributed by atoms with van der Waals surface area (Å²) in [6, 6.07) is 5.54. The lowest BCUT2D eigenvalue weighted by Gasteiger charge is -2.10. The van der Waals surface area contributed by atoms with Crippen molar-refractivity contribution in [3.05, 3.63) is 29.8 Å². The first-order valence-corrected chi connectivity index (χ1v) is 5.63. The van der Waals surface area contributed by atoms with Gasteiger partial charge in [0.25, 0.3) is 0 Å². The molecule has 93 valence electrons. The molecule has 6 heteroatoms. The van der Waals surface area contributed by atoms with Crippen molar-refractivity contribution in [1.82, 2.24) is 0 Å². The first kappa shape index (κ1) is 12.8. The van der Waals surface area contributed by atoms with Crippen LogP contribution in [0.3, 0.4) is 0 Å². The van der Waals surface area contributed by atoms with Crippen molar-refractivity contribution in [3.8, 4) is 5.75 Å². The molecule has 0 amide bonds. The second-order valence-corrected chi connectivity index (χ2v) is 5.47. The Morgan fingerprint density at radius 2 is 2.06 bits per heavy atom. The number of hydrogen-bond donors (Lipinski definition) is 0. The Morgan fingerprint density at radius 3 is 2.59 bits per heavy atom. The molecule has 1 radical (unpaired) electrons. The Kier molecular flexibility index (Phi) is 3.21. The maximum Gasteiger partial charge on any atom is 0.416 e. The smallest absolute Gasteiger partial charge is 0.416 e. The average molecular weight is 284 g/mol. The summed E-state index contributed by atoms with van der Waals surface area (Å²) >= 11 is 11.5. The van der Waals surface area contributed by atoms with Crippen molar-refractivity contribution in [1.29, 1.82) is 0 Å². The fraction of sp³-hybridized carbons (Fsp3) is 0.455. The van der Waals surface area contributed by atoms with E-state index in [1.165, 1.54) is 6.07 Å². The van der Waals surface area contributed by atoms with Crippen LogP contribution in [0.15, 0.2) is 18.2 Å². The summed E-state index contributed by atoms with van der Waals surface area (Å²) in [6.07, 6.45) is -3.79. The largest absolute Gasteiger partial charge is 0.493 e. The minimum Gasteiger partial charge on any atom is -0.493 e. The number of rotatable bonds is 3. The number of halogens is 5. The molecule has 1 aromatic rings. The molecule has 1 fully saturated rings. The van der Waals surface area contributed by atoms with Crippen LogP contribution in [-0.4, -0.2) is 10.9 Å². The molecule has 0 heterocycles. The van der Waals surface area contributed by atoms with Crippen LogP contribution in [0.5, 0.6) is 5.75 Å². The summed E-state index contributed by atoms with van der Waals surface area (Å²) in [6.45, 7) is 0.210. The van der Waals surface area contributed by atoms with Gasteiger partial charge < -0.3 is 4.74 Å². The Hall–Kier alpha value is -0.610. The van der Waals surface area contributed by atoms with Gasteiger partial charge in [-0.3, -0.25) is 0 Å². The minimum atomic E-state index is -4.39. The van der Waals surface area contributed by atoms with E-state index in [-0.39, 0.29) is 18.3 Å². The number of alkyl halides is 5. The molecule has 1 nitrogen and oxygen atoms in total. The normalized spacial score (nSPS) is 22.3. The topological polar surface area (TPSA) is 9.23 Å². The van der Waals surface area contributed by atoms with Gasteiger partial charge in [0.1, 0.15) is 10.1 Å². The minimum absolute atomic E-state index is 0.0274. The summed E-state index contributed by atoms with van der Waals surface area (Å²) in [7, 11) is 0. The summed E-state index contributed by atoms with van der Waals surface area (Å²) in [4.78, 5) is 0. The first-order chi connectivity index (χ1) is 7.79. The van der Waals surface area contributed by atoms with Crippen LogP contribution < -0.4 is 4.74 Å². The van der Waals surface area contributed by atoms with Gasteiger partial charge in [-0.1, -0.05) is 0 Å². The van der Waals surface area contributed by atoms with Crippen LogP contribution >= 0.6 is 23.2 Å². The molecule has 1 unspecified atom stereocenters. The molecule has 0 saturated heterocycles. The number of benzene rings is 1. The zero-order valence-electron chi connectivity index (χ0n) is 8.52. The zero-order chi connectivity index (χ0) is 12.7. The van der Waals surface area contributed by atoms with Gasteiger partial charge >= 0.3 is 6.18 Å². The van der Waals surface area contributed by atoms with Gasteiger partial charge in [0.15, 0.2) is 0 Å². The molecule has 1 aromatic carbocycles. The Balaban J connectivity index is 1.98. The van der Waals surface area contributed by atoms with Crippen molar-refractivity contribution in [3.63, 3.8) is 0 Å². The maximum absolute atomic E-state index is 12.4. The fourth-order valence-corrected chi connectivity index (χ4v) is 1.84. The third-order valence-electron chi connectivity index (χ3n) is 2.50. The summed E-state index contributed by atoms with van der Waals surface area (Å²) < 4.78 is 41.6. The molecule has 1 saturated carbocycles. The lowest BCUT2D eigenvalue weighted by Crippen LogP contribution is -2.07. The van der Waals surface area contributed by atoms with E-state index in [1.54, 1.807) is 0 Å². The molecule has 1 aliphatic carbocycles. The van der Waals surface area contributed by atoms with Crippen molar-refractivity contribution in [2.24, 2.45) is 5.92 Å². The predicted molar refractivity (Wildman–Crippen MR) is 58.3 cm³/mol. The molecule has 0 bridgehead atoms. The van der Waals surface area contributed by atoms with Crippen LogP contribution in [0, 0.1) is 12.0 Å². The second-order valence-electron chi connectivity index (χ2n) is 3.93. The molecule has 0 aliphatic heterocycles. The van der Waals surface area contributed by atoms with Crippen LogP contribution in [-0.2, 0) is 6.18 Å². The van der Waals surface area contributed by atoms with Gasteiger partial charge in [-0.2, -0.15) is 13.2 Å². The Morgan fingerprint density at radius 1 is 1.41 bits per heavy atom. The van der Waals surface area contributed by atoms with Crippen molar-refractivity contribution in [2.45, 2.75) is 16.9 Å². The van der Waals surface area contributed by atoms with Crippen molar-refractivity contribution < 1.29 is 17.9 Å². The maximum atomic E-state index is 12.4. The van der Waals surface area contributed by atoms with E-state index >= 15 is 0 Å². The van der Waals surface area contributed by atoms with Gasteiger partial charge in [0.05, 0.1) is 12.2 Å². The van der Waals surface area contributed by atoms with Gasteiger partial charge in [0.2, 0.25) is 0 Å². The predicted octanol–water partition coefficient (Wildman–Crippen LogP) is 4.08. The standard InChI is InChI=1S/C11H8Cl2F3O/c12-10(13)5-8(10)6-17-9-3-1-2-7(4-9)11(14,15)16/h2-4,8H,5-6H2. The lowest BCUT2D eigenvalue weighted by atomic mass is 10.2. The summed E-state index contributed by atoms with van der Waals surface area (Å²) in [5.74, 6) is 0.0937. The fourth-order valence-electron chi connectivity index (χ4n) is 1.34. The SMILES string of the molecule is FC(F)(F)c1c[c]cc(OCC2CC2(Cl)Cl)c1. The van der Waals surface area contributed by atoms with Crippen LogP contribution in [0.25, 0.3) is 0 Å². The second kappa shape index (κ2) is 4.25. The Labute approximate surface area is 106 Å². The zero-order valence-corrected chi connectivity index (χ0v) is 10.0. The van der Waals surface area contributed by atoms with E-state index in [1.807, 2.05) is 0 Å².